The third-order valence-electron chi connectivity index (χ3n) is 2.96. The summed E-state index contributed by atoms with van der Waals surface area (Å²) in [5.74, 6) is 0. The number of halogens is 1. The summed E-state index contributed by atoms with van der Waals surface area (Å²) >= 11 is 5.99. The number of nitrogens with one attached hydrogen (secondary N) is 1. The molecule has 1 heterocycles. The Labute approximate surface area is 102 Å². The Morgan fingerprint density at radius 2 is 2.00 bits per heavy atom. The lowest BCUT2D eigenvalue weighted by atomic mass is 10.1. The molecule has 2 rings (SSSR count). The number of rotatable bonds is 2. The monoisotopic (exact) mass is 240 g/mol. The molecular formula is C13H19ClNO+. The van der Waals surface area contributed by atoms with Crippen molar-refractivity contribution in [2.75, 3.05) is 13.1 Å². The van der Waals surface area contributed by atoms with Crippen molar-refractivity contribution in [1.29, 1.82) is 0 Å². The highest BCUT2D eigenvalue weighted by molar-refractivity contribution is 6.30. The average Bonchev–Trinajstić information content (AvgIpc) is 2.15. The molecule has 3 atom stereocenters. The van der Waals surface area contributed by atoms with Crippen LogP contribution in [0.5, 0.6) is 0 Å². The first-order valence-corrected chi connectivity index (χ1v) is 6.25. The fourth-order valence-corrected chi connectivity index (χ4v) is 2.68. The van der Waals surface area contributed by atoms with E-state index >= 15 is 0 Å². The van der Waals surface area contributed by atoms with Crippen LogP contribution >= 0.6 is 11.6 Å². The molecule has 1 aliphatic rings. The Bertz CT molecular complexity index is 346. The first-order chi connectivity index (χ1) is 7.63. The molecule has 2 nitrogen and oxygen atoms in total. The van der Waals surface area contributed by atoms with Gasteiger partial charge in [0, 0.05) is 10.6 Å². The van der Waals surface area contributed by atoms with Crippen LogP contribution in [-0.4, -0.2) is 25.3 Å². The standard InChI is InChI=1S/C13H18ClNO/c1-10-7-15(8-11(2)16-10)9-12-4-3-5-13(14)6-12/h3-6,10-11H,7-9H2,1-2H3/p+1/t10-,11+. The highest BCUT2D eigenvalue weighted by Crippen LogP contribution is 2.10. The lowest BCUT2D eigenvalue weighted by Gasteiger charge is -2.32. The van der Waals surface area contributed by atoms with Gasteiger partial charge in [0.1, 0.15) is 31.8 Å². The molecule has 0 spiro atoms. The number of benzene rings is 1. The van der Waals surface area contributed by atoms with E-state index in [1.807, 2.05) is 12.1 Å². The van der Waals surface area contributed by atoms with Gasteiger partial charge in [-0.05, 0) is 26.0 Å². The van der Waals surface area contributed by atoms with Crippen molar-refractivity contribution >= 4 is 11.6 Å². The molecule has 16 heavy (non-hydrogen) atoms. The van der Waals surface area contributed by atoms with Crippen LogP contribution in [0.2, 0.25) is 5.02 Å². The van der Waals surface area contributed by atoms with Gasteiger partial charge in [-0.3, -0.25) is 0 Å². The molecule has 1 saturated heterocycles. The molecule has 0 amide bonds. The summed E-state index contributed by atoms with van der Waals surface area (Å²) in [5.41, 5.74) is 1.31. The van der Waals surface area contributed by atoms with Crippen molar-refractivity contribution in [3.63, 3.8) is 0 Å². The van der Waals surface area contributed by atoms with Gasteiger partial charge in [-0.1, -0.05) is 23.7 Å². The topological polar surface area (TPSA) is 13.7 Å². The number of hydrogen-bond acceptors (Lipinski definition) is 1. The highest BCUT2D eigenvalue weighted by atomic mass is 35.5. The van der Waals surface area contributed by atoms with Crippen molar-refractivity contribution in [3.05, 3.63) is 34.9 Å². The molecule has 1 N–H and O–H groups in total. The minimum Gasteiger partial charge on any atom is -0.364 e. The van der Waals surface area contributed by atoms with Gasteiger partial charge < -0.3 is 9.64 Å². The van der Waals surface area contributed by atoms with Gasteiger partial charge in [0.05, 0.1) is 0 Å². The zero-order valence-corrected chi connectivity index (χ0v) is 10.6. The molecule has 88 valence electrons. The van der Waals surface area contributed by atoms with E-state index in [2.05, 4.69) is 26.0 Å². The molecule has 0 aliphatic carbocycles. The van der Waals surface area contributed by atoms with Gasteiger partial charge in [-0.15, -0.1) is 0 Å². The minimum atomic E-state index is 0.359. The molecule has 1 aromatic rings. The molecule has 1 aromatic carbocycles. The van der Waals surface area contributed by atoms with E-state index in [-0.39, 0.29) is 0 Å². The maximum Gasteiger partial charge on any atom is 0.104 e. The molecular weight excluding hydrogens is 222 g/mol. The van der Waals surface area contributed by atoms with E-state index in [1.165, 1.54) is 5.56 Å². The average molecular weight is 241 g/mol. The van der Waals surface area contributed by atoms with E-state index in [4.69, 9.17) is 16.3 Å². The van der Waals surface area contributed by atoms with Crippen LogP contribution in [0.15, 0.2) is 24.3 Å². The molecule has 1 unspecified atom stereocenters. The number of quaternary nitrogens is 1. The first-order valence-electron chi connectivity index (χ1n) is 5.87. The normalized spacial score (nSPS) is 30.3. The third kappa shape index (κ3) is 3.21. The molecule has 0 aromatic heterocycles. The number of hydrogen-bond donors (Lipinski definition) is 1. The summed E-state index contributed by atoms with van der Waals surface area (Å²) in [6.07, 6.45) is 0.718. The maximum atomic E-state index is 5.99. The Morgan fingerprint density at radius 1 is 1.31 bits per heavy atom. The summed E-state index contributed by atoms with van der Waals surface area (Å²) < 4.78 is 5.73. The zero-order chi connectivity index (χ0) is 11.5. The lowest BCUT2D eigenvalue weighted by molar-refractivity contribution is -0.928. The van der Waals surface area contributed by atoms with Crippen LogP contribution in [0.25, 0.3) is 0 Å². The predicted molar refractivity (Wildman–Crippen MR) is 65.9 cm³/mol. The van der Waals surface area contributed by atoms with Crippen molar-refractivity contribution < 1.29 is 9.64 Å². The smallest absolute Gasteiger partial charge is 0.104 e. The second-order valence-electron chi connectivity index (χ2n) is 4.72. The van der Waals surface area contributed by atoms with Crippen molar-refractivity contribution in [1.82, 2.24) is 0 Å². The van der Waals surface area contributed by atoms with Gasteiger partial charge in [0.25, 0.3) is 0 Å². The lowest BCUT2D eigenvalue weighted by Crippen LogP contribution is -3.14. The van der Waals surface area contributed by atoms with E-state index in [0.29, 0.717) is 12.2 Å². The first kappa shape index (κ1) is 11.9. The molecule has 3 heteroatoms. The molecule has 1 aliphatic heterocycles. The second kappa shape index (κ2) is 5.17. The summed E-state index contributed by atoms with van der Waals surface area (Å²) in [6, 6.07) is 8.14. The fraction of sp³-hybridized carbons (Fsp3) is 0.538. The van der Waals surface area contributed by atoms with Crippen LogP contribution in [0.1, 0.15) is 19.4 Å². The fourth-order valence-electron chi connectivity index (χ4n) is 2.47. The third-order valence-corrected chi connectivity index (χ3v) is 3.20. The van der Waals surface area contributed by atoms with E-state index < -0.39 is 0 Å². The van der Waals surface area contributed by atoms with Crippen molar-refractivity contribution in [2.45, 2.75) is 32.6 Å². The Balaban J connectivity index is 1.98. The zero-order valence-electron chi connectivity index (χ0n) is 9.87. The maximum absolute atomic E-state index is 5.99. The second-order valence-corrected chi connectivity index (χ2v) is 5.16. The van der Waals surface area contributed by atoms with Gasteiger partial charge in [-0.2, -0.15) is 0 Å². The van der Waals surface area contributed by atoms with Gasteiger partial charge >= 0.3 is 0 Å². The van der Waals surface area contributed by atoms with Crippen LogP contribution in [0.4, 0.5) is 0 Å². The number of ether oxygens (including phenoxy) is 1. The molecule has 0 bridgehead atoms. The Morgan fingerprint density at radius 3 is 2.62 bits per heavy atom. The van der Waals surface area contributed by atoms with Crippen molar-refractivity contribution in [3.8, 4) is 0 Å². The molecule has 0 radical (unpaired) electrons. The quantitative estimate of drug-likeness (QED) is 0.828. The summed E-state index contributed by atoms with van der Waals surface area (Å²) in [5, 5.41) is 0.825. The largest absolute Gasteiger partial charge is 0.364 e. The van der Waals surface area contributed by atoms with Crippen LogP contribution in [0, 0.1) is 0 Å². The Hall–Kier alpha value is -0.570. The van der Waals surface area contributed by atoms with E-state index in [0.717, 1.165) is 24.7 Å². The van der Waals surface area contributed by atoms with Crippen molar-refractivity contribution in [2.24, 2.45) is 0 Å². The van der Waals surface area contributed by atoms with Crippen LogP contribution in [0.3, 0.4) is 0 Å². The van der Waals surface area contributed by atoms with E-state index in [9.17, 15) is 0 Å². The van der Waals surface area contributed by atoms with Gasteiger partial charge in [0.15, 0.2) is 0 Å². The number of morpholine rings is 1. The van der Waals surface area contributed by atoms with Gasteiger partial charge in [-0.25, -0.2) is 0 Å². The SMILES string of the molecule is C[C@@H]1C[NH+](Cc2cccc(Cl)c2)C[C@H](C)O1. The Kier molecular flexibility index (Phi) is 3.85. The minimum absolute atomic E-state index is 0.359. The van der Waals surface area contributed by atoms with Gasteiger partial charge in [0.2, 0.25) is 0 Å². The van der Waals surface area contributed by atoms with Crippen LogP contribution in [-0.2, 0) is 11.3 Å². The predicted octanol–water partition coefficient (Wildman–Crippen LogP) is 1.53. The molecule has 0 saturated carbocycles. The molecule has 1 fully saturated rings. The van der Waals surface area contributed by atoms with E-state index in [1.54, 1.807) is 4.90 Å². The summed E-state index contributed by atoms with van der Waals surface area (Å²) in [7, 11) is 0. The summed E-state index contributed by atoms with van der Waals surface area (Å²) in [6.45, 7) is 7.49. The van der Waals surface area contributed by atoms with Crippen LogP contribution < -0.4 is 4.90 Å². The summed E-state index contributed by atoms with van der Waals surface area (Å²) in [4.78, 5) is 1.58. The highest BCUT2D eigenvalue weighted by Gasteiger charge is 2.25.